The van der Waals surface area contributed by atoms with E-state index in [0.717, 1.165) is 19.4 Å². The van der Waals surface area contributed by atoms with Crippen LogP contribution in [0.3, 0.4) is 0 Å². The molecule has 2 aromatic carbocycles. The van der Waals surface area contributed by atoms with Gasteiger partial charge >= 0.3 is 6.09 Å². The van der Waals surface area contributed by atoms with E-state index in [-0.39, 0.29) is 12.1 Å². The van der Waals surface area contributed by atoms with E-state index in [2.05, 4.69) is 56.4 Å². The van der Waals surface area contributed by atoms with Gasteiger partial charge in [-0.3, -0.25) is 0 Å². The predicted octanol–water partition coefficient (Wildman–Crippen LogP) is 5.85. The lowest BCUT2D eigenvalue weighted by atomic mass is 9.74. The van der Waals surface area contributed by atoms with Gasteiger partial charge in [-0.15, -0.1) is 0 Å². The molecule has 0 radical (unpaired) electrons. The highest BCUT2D eigenvalue weighted by Gasteiger charge is 2.41. The zero-order chi connectivity index (χ0) is 21.1. The second kappa shape index (κ2) is 8.81. The standard InChI is InChI=1S/C26H33NO2Si/c1-20-17-21(19-30(2,3)23-13-8-5-9-14-23)24-15-10-16-27(25(24)18-20)26(28)29-22-11-6-4-7-12-22/h4-9,11-15,20-21,25H,10,16-19H2,1-3H3/t20-,21+,25-/m1/s1. The van der Waals surface area contributed by atoms with Crippen LogP contribution < -0.4 is 9.92 Å². The summed E-state index contributed by atoms with van der Waals surface area (Å²) in [6.07, 6.45) is 5.42. The lowest BCUT2D eigenvalue weighted by Gasteiger charge is -2.45. The van der Waals surface area contributed by atoms with E-state index in [4.69, 9.17) is 4.74 Å². The Labute approximate surface area is 181 Å². The maximum atomic E-state index is 13.0. The lowest BCUT2D eigenvalue weighted by Crippen LogP contribution is -2.51. The predicted molar refractivity (Wildman–Crippen MR) is 126 cm³/mol. The Morgan fingerprint density at radius 2 is 1.70 bits per heavy atom. The van der Waals surface area contributed by atoms with Gasteiger partial charge in [0.2, 0.25) is 0 Å². The third kappa shape index (κ3) is 4.54. The number of amides is 1. The quantitative estimate of drug-likeness (QED) is 0.460. The fraction of sp³-hybridized carbons (Fsp3) is 0.423. The van der Waals surface area contributed by atoms with Gasteiger partial charge in [-0.1, -0.05) is 79.8 Å². The summed E-state index contributed by atoms with van der Waals surface area (Å²) in [5.74, 6) is 1.80. The van der Waals surface area contributed by atoms with E-state index in [9.17, 15) is 4.79 Å². The van der Waals surface area contributed by atoms with Crippen molar-refractivity contribution in [1.29, 1.82) is 0 Å². The molecule has 158 valence electrons. The number of para-hydroxylation sites is 1. The van der Waals surface area contributed by atoms with E-state index in [0.29, 0.717) is 17.6 Å². The molecule has 1 aliphatic carbocycles. The first-order chi connectivity index (χ1) is 14.4. The maximum absolute atomic E-state index is 13.0. The molecule has 1 saturated carbocycles. The Kier molecular flexibility index (Phi) is 6.14. The summed E-state index contributed by atoms with van der Waals surface area (Å²) in [5.41, 5.74) is 1.49. The van der Waals surface area contributed by atoms with Gasteiger partial charge in [0, 0.05) is 6.54 Å². The molecular weight excluding hydrogens is 386 g/mol. The third-order valence-electron chi connectivity index (χ3n) is 6.79. The zero-order valence-electron chi connectivity index (χ0n) is 18.4. The van der Waals surface area contributed by atoms with E-state index in [1.807, 2.05) is 35.2 Å². The summed E-state index contributed by atoms with van der Waals surface area (Å²) in [7, 11) is -1.56. The molecule has 0 bridgehead atoms. The monoisotopic (exact) mass is 419 g/mol. The average molecular weight is 420 g/mol. The molecule has 0 unspecified atom stereocenters. The van der Waals surface area contributed by atoms with Crippen molar-refractivity contribution in [2.75, 3.05) is 6.54 Å². The Hall–Kier alpha value is -2.33. The van der Waals surface area contributed by atoms with Crippen molar-refractivity contribution in [3.63, 3.8) is 0 Å². The normalized spacial score (nSPS) is 24.0. The van der Waals surface area contributed by atoms with Gasteiger partial charge < -0.3 is 9.64 Å². The van der Waals surface area contributed by atoms with Gasteiger partial charge in [0.05, 0.1) is 14.1 Å². The van der Waals surface area contributed by atoms with Crippen molar-refractivity contribution in [2.45, 2.75) is 51.4 Å². The van der Waals surface area contributed by atoms with Gasteiger partial charge in [-0.25, -0.2) is 4.79 Å². The van der Waals surface area contributed by atoms with Gasteiger partial charge in [0.1, 0.15) is 5.75 Å². The molecule has 4 rings (SSSR count). The molecule has 0 aromatic heterocycles. The van der Waals surface area contributed by atoms with Gasteiger partial charge in [0.25, 0.3) is 0 Å². The first-order valence-corrected chi connectivity index (χ1v) is 14.4. The number of benzene rings is 2. The number of carbonyl (C=O) groups excluding carboxylic acids is 1. The highest BCUT2D eigenvalue weighted by molar-refractivity contribution is 6.89. The summed E-state index contributed by atoms with van der Waals surface area (Å²) in [5, 5.41) is 1.52. The molecule has 3 atom stereocenters. The molecule has 0 saturated heterocycles. The molecule has 1 aliphatic heterocycles. The van der Waals surface area contributed by atoms with Crippen LogP contribution in [-0.4, -0.2) is 31.7 Å². The smallest absolute Gasteiger partial charge is 0.410 e. The van der Waals surface area contributed by atoms with Crippen LogP contribution in [0.1, 0.15) is 26.2 Å². The van der Waals surface area contributed by atoms with Crippen molar-refractivity contribution in [2.24, 2.45) is 11.8 Å². The number of hydrogen-bond acceptors (Lipinski definition) is 2. The lowest BCUT2D eigenvalue weighted by molar-refractivity contribution is 0.115. The number of ether oxygens (including phenoxy) is 1. The summed E-state index contributed by atoms with van der Waals surface area (Å²) in [6, 6.07) is 21.9. The Morgan fingerprint density at radius 3 is 2.40 bits per heavy atom. The van der Waals surface area contributed by atoms with Crippen LogP contribution in [0, 0.1) is 11.8 Å². The highest BCUT2D eigenvalue weighted by Crippen LogP contribution is 2.42. The van der Waals surface area contributed by atoms with Crippen molar-refractivity contribution in [1.82, 2.24) is 4.90 Å². The van der Waals surface area contributed by atoms with Crippen LogP contribution >= 0.6 is 0 Å². The third-order valence-corrected chi connectivity index (χ3v) is 10.2. The van der Waals surface area contributed by atoms with E-state index >= 15 is 0 Å². The second-order valence-corrected chi connectivity index (χ2v) is 14.4. The molecular formula is C26H33NO2Si. The van der Waals surface area contributed by atoms with Crippen LogP contribution in [0.15, 0.2) is 72.3 Å². The highest BCUT2D eigenvalue weighted by atomic mass is 28.3. The van der Waals surface area contributed by atoms with E-state index in [1.165, 1.54) is 23.2 Å². The largest absolute Gasteiger partial charge is 0.415 e. The second-order valence-electron chi connectivity index (χ2n) is 9.61. The minimum absolute atomic E-state index is 0.185. The summed E-state index contributed by atoms with van der Waals surface area (Å²) in [4.78, 5) is 15.0. The molecule has 1 fully saturated rings. The van der Waals surface area contributed by atoms with Crippen molar-refractivity contribution >= 4 is 19.4 Å². The van der Waals surface area contributed by atoms with Crippen LogP contribution in [0.25, 0.3) is 0 Å². The number of fused-ring (bicyclic) bond motifs is 1. The maximum Gasteiger partial charge on any atom is 0.415 e. The molecule has 3 nitrogen and oxygen atoms in total. The van der Waals surface area contributed by atoms with Crippen LogP contribution in [0.2, 0.25) is 19.1 Å². The first-order valence-electron chi connectivity index (χ1n) is 11.2. The van der Waals surface area contributed by atoms with Gasteiger partial charge in [-0.05, 0) is 54.8 Å². The van der Waals surface area contributed by atoms with Crippen molar-refractivity contribution in [3.8, 4) is 5.75 Å². The molecule has 0 N–H and O–H groups in total. The first kappa shape index (κ1) is 20.9. The molecule has 1 amide bonds. The van der Waals surface area contributed by atoms with Crippen LogP contribution in [0.4, 0.5) is 4.79 Å². The fourth-order valence-corrected chi connectivity index (χ4v) is 8.30. The molecule has 30 heavy (non-hydrogen) atoms. The average Bonchev–Trinajstić information content (AvgIpc) is 2.74. The van der Waals surface area contributed by atoms with Crippen LogP contribution in [-0.2, 0) is 0 Å². The molecule has 0 spiro atoms. The Balaban J connectivity index is 1.53. The van der Waals surface area contributed by atoms with Gasteiger partial charge in [-0.2, -0.15) is 0 Å². The van der Waals surface area contributed by atoms with Crippen LogP contribution in [0.5, 0.6) is 5.75 Å². The van der Waals surface area contributed by atoms with E-state index < -0.39 is 8.07 Å². The summed E-state index contributed by atoms with van der Waals surface area (Å²) < 4.78 is 5.71. The number of carbonyl (C=O) groups is 1. The van der Waals surface area contributed by atoms with Gasteiger partial charge in [0.15, 0.2) is 0 Å². The Morgan fingerprint density at radius 1 is 1.03 bits per heavy atom. The number of nitrogens with zero attached hydrogens (tertiary/aromatic N) is 1. The molecule has 2 aliphatic rings. The molecule has 1 heterocycles. The SMILES string of the molecule is C[C@@H]1C[C@@H](C[Si](C)(C)c2ccccc2)C2=CCCN(C(=O)Oc3ccccc3)[C@@H]2C1. The molecule has 4 heteroatoms. The van der Waals surface area contributed by atoms with Crippen molar-refractivity contribution < 1.29 is 9.53 Å². The minimum atomic E-state index is -1.56. The minimum Gasteiger partial charge on any atom is -0.410 e. The number of hydrogen-bond donors (Lipinski definition) is 0. The summed E-state index contributed by atoms with van der Waals surface area (Å²) in [6.45, 7) is 8.07. The molecule has 2 aromatic rings. The topological polar surface area (TPSA) is 29.5 Å². The van der Waals surface area contributed by atoms with Crippen molar-refractivity contribution in [3.05, 3.63) is 72.3 Å². The summed E-state index contributed by atoms with van der Waals surface area (Å²) >= 11 is 0. The fourth-order valence-electron chi connectivity index (χ4n) is 5.33. The number of rotatable bonds is 4. The van der Waals surface area contributed by atoms with E-state index in [1.54, 1.807) is 0 Å². The Bertz CT molecular complexity index is 894. The zero-order valence-corrected chi connectivity index (χ0v) is 19.4.